The summed E-state index contributed by atoms with van der Waals surface area (Å²) in [5, 5.41) is 5.17. The van der Waals surface area contributed by atoms with E-state index in [9.17, 15) is 19.2 Å². The summed E-state index contributed by atoms with van der Waals surface area (Å²) in [6.45, 7) is 0.340. The third-order valence-corrected chi connectivity index (χ3v) is 6.35. The number of carbonyl (C=O) groups is 4. The van der Waals surface area contributed by atoms with Gasteiger partial charge in [0.1, 0.15) is 6.04 Å². The topological polar surface area (TPSA) is 108 Å². The number of anilines is 1. The van der Waals surface area contributed by atoms with E-state index in [0.717, 1.165) is 22.4 Å². The molecule has 35 heavy (non-hydrogen) atoms. The average molecular weight is 469 g/mol. The lowest BCUT2D eigenvalue weighted by Crippen LogP contribution is -2.52. The van der Waals surface area contributed by atoms with Crippen LogP contribution < -0.4 is 10.6 Å². The fourth-order valence-corrected chi connectivity index (χ4v) is 4.49. The molecule has 2 aliphatic rings. The highest BCUT2D eigenvalue weighted by molar-refractivity contribution is 6.05. The van der Waals surface area contributed by atoms with E-state index in [1.54, 1.807) is 12.3 Å². The number of rotatable bonds is 6. The molecule has 8 heteroatoms. The molecule has 0 saturated carbocycles. The summed E-state index contributed by atoms with van der Waals surface area (Å²) in [6.07, 6.45) is 2.92. The number of piperidine rings is 1. The van der Waals surface area contributed by atoms with Gasteiger partial charge in [0.25, 0.3) is 5.91 Å². The number of carbonyl (C=O) groups excluding carboxylic acids is 4. The number of aromatic nitrogens is 1. The fraction of sp³-hybridized carbons (Fsp3) is 0.222. The minimum absolute atomic E-state index is 0.142. The van der Waals surface area contributed by atoms with Crippen LogP contribution in [0.25, 0.3) is 11.3 Å². The zero-order valence-corrected chi connectivity index (χ0v) is 19.0. The van der Waals surface area contributed by atoms with Crippen LogP contribution in [0, 0.1) is 0 Å². The fourth-order valence-electron chi connectivity index (χ4n) is 4.49. The molecule has 0 aliphatic carbocycles. The highest BCUT2D eigenvalue weighted by Gasteiger charge is 2.39. The first-order valence-electron chi connectivity index (χ1n) is 11.6. The van der Waals surface area contributed by atoms with Gasteiger partial charge in [0.2, 0.25) is 17.7 Å². The van der Waals surface area contributed by atoms with Crippen molar-refractivity contribution in [1.82, 2.24) is 15.2 Å². The minimum Gasteiger partial charge on any atom is -0.325 e. The van der Waals surface area contributed by atoms with Gasteiger partial charge in [0.05, 0.1) is 17.6 Å². The smallest absolute Gasteiger partial charge is 0.255 e. The molecule has 2 aromatic carbocycles. The molecule has 5 rings (SSSR count). The first-order valence-corrected chi connectivity index (χ1v) is 11.6. The molecular weight excluding hydrogens is 444 g/mol. The van der Waals surface area contributed by atoms with Crippen LogP contribution in [0.1, 0.15) is 40.7 Å². The number of fused-ring (bicyclic) bond motifs is 1. The number of imide groups is 1. The summed E-state index contributed by atoms with van der Waals surface area (Å²) < 4.78 is 0. The molecule has 2 aliphatic heterocycles. The van der Waals surface area contributed by atoms with E-state index in [0.29, 0.717) is 30.6 Å². The number of benzene rings is 2. The van der Waals surface area contributed by atoms with Crippen LogP contribution >= 0.6 is 0 Å². The van der Waals surface area contributed by atoms with E-state index in [2.05, 4.69) is 15.6 Å². The number of amides is 4. The molecular formula is C27H24N4O4. The van der Waals surface area contributed by atoms with Crippen molar-refractivity contribution < 1.29 is 19.2 Å². The van der Waals surface area contributed by atoms with Crippen LogP contribution in [-0.4, -0.2) is 39.6 Å². The molecule has 1 fully saturated rings. The maximum atomic E-state index is 13.0. The van der Waals surface area contributed by atoms with Gasteiger partial charge in [0.15, 0.2) is 0 Å². The van der Waals surface area contributed by atoms with E-state index < -0.39 is 11.9 Å². The Hall–Kier alpha value is -4.33. The van der Waals surface area contributed by atoms with Crippen LogP contribution in [0.4, 0.5) is 5.69 Å². The largest absolute Gasteiger partial charge is 0.325 e. The van der Waals surface area contributed by atoms with Crippen LogP contribution in [-0.2, 0) is 27.3 Å². The van der Waals surface area contributed by atoms with Crippen molar-refractivity contribution >= 4 is 29.3 Å². The third kappa shape index (κ3) is 4.82. The molecule has 2 N–H and O–H groups in total. The predicted molar refractivity (Wildman–Crippen MR) is 129 cm³/mol. The second-order valence-electron chi connectivity index (χ2n) is 8.74. The lowest BCUT2D eigenvalue weighted by atomic mass is 10.0. The van der Waals surface area contributed by atoms with Gasteiger partial charge >= 0.3 is 0 Å². The van der Waals surface area contributed by atoms with Gasteiger partial charge < -0.3 is 10.2 Å². The molecule has 3 heterocycles. The minimum atomic E-state index is -0.635. The first-order chi connectivity index (χ1) is 17.0. The normalized spacial score (nSPS) is 17.2. The van der Waals surface area contributed by atoms with Crippen LogP contribution in [0.2, 0.25) is 0 Å². The number of pyridine rings is 1. The van der Waals surface area contributed by atoms with Gasteiger partial charge in [0, 0.05) is 30.5 Å². The molecule has 8 nitrogen and oxygen atoms in total. The van der Waals surface area contributed by atoms with Gasteiger partial charge in [-0.05, 0) is 42.2 Å². The highest BCUT2D eigenvalue weighted by atomic mass is 16.2. The van der Waals surface area contributed by atoms with Crippen LogP contribution in [0.3, 0.4) is 0 Å². The van der Waals surface area contributed by atoms with Gasteiger partial charge in [-0.3, -0.25) is 29.5 Å². The Morgan fingerprint density at radius 1 is 1.06 bits per heavy atom. The molecule has 1 atom stereocenters. The van der Waals surface area contributed by atoms with Crippen molar-refractivity contribution in [3.63, 3.8) is 0 Å². The van der Waals surface area contributed by atoms with Crippen LogP contribution in [0.15, 0.2) is 66.9 Å². The molecule has 1 unspecified atom stereocenters. The maximum Gasteiger partial charge on any atom is 0.255 e. The molecule has 1 saturated heterocycles. The van der Waals surface area contributed by atoms with Gasteiger partial charge in [-0.2, -0.15) is 0 Å². The Morgan fingerprint density at radius 2 is 1.89 bits per heavy atom. The number of hydrogen-bond acceptors (Lipinski definition) is 5. The summed E-state index contributed by atoms with van der Waals surface area (Å²) >= 11 is 0. The molecule has 0 radical (unpaired) electrons. The summed E-state index contributed by atoms with van der Waals surface area (Å²) in [5.74, 6) is -1.09. The third-order valence-electron chi connectivity index (χ3n) is 6.35. The Labute approximate surface area is 202 Å². The lowest BCUT2D eigenvalue weighted by molar-refractivity contribution is -0.137. The maximum absolute atomic E-state index is 13.0. The first kappa shape index (κ1) is 22.5. The SMILES string of the molecule is O=C1CCC(N2Cc3ccc(CCC(=O)Nc4ccc(-c5ccccc5)nc4)cc3C2=O)C(=O)N1. The lowest BCUT2D eigenvalue weighted by Gasteiger charge is -2.29. The number of aryl methyl sites for hydroxylation is 1. The molecule has 0 spiro atoms. The molecule has 3 aromatic rings. The van der Waals surface area contributed by atoms with E-state index in [4.69, 9.17) is 0 Å². The van der Waals surface area contributed by atoms with E-state index in [1.807, 2.05) is 54.6 Å². The molecule has 176 valence electrons. The second-order valence-corrected chi connectivity index (χ2v) is 8.74. The van der Waals surface area contributed by atoms with E-state index in [1.165, 1.54) is 4.90 Å². The summed E-state index contributed by atoms with van der Waals surface area (Å²) in [5.41, 5.74) is 4.73. The number of hydrogen-bond donors (Lipinski definition) is 2. The van der Waals surface area contributed by atoms with Crippen molar-refractivity contribution in [2.45, 2.75) is 38.3 Å². The summed E-state index contributed by atoms with van der Waals surface area (Å²) in [6, 6.07) is 18.4. The average Bonchev–Trinajstić information content (AvgIpc) is 3.19. The molecule has 0 bridgehead atoms. The molecule has 1 aromatic heterocycles. The quantitative estimate of drug-likeness (QED) is 0.541. The van der Waals surface area contributed by atoms with E-state index >= 15 is 0 Å². The standard InChI is InChI=1S/C27H24N4O4/c32-24(29-20-9-10-22(28-15-20)18-4-2-1-3-5-18)12-7-17-6-8-19-16-31(27(35)21(19)14-17)23-11-13-25(33)30-26(23)34/h1-6,8-10,14-15,23H,7,11-13,16H2,(H,29,32)(H,30,33,34). The van der Waals surface area contributed by atoms with Gasteiger partial charge in [-0.15, -0.1) is 0 Å². The van der Waals surface area contributed by atoms with Gasteiger partial charge in [-0.25, -0.2) is 0 Å². The number of nitrogens with zero attached hydrogens (tertiary/aromatic N) is 2. The Balaban J connectivity index is 1.18. The Kier molecular flexibility index (Phi) is 6.10. The monoisotopic (exact) mass is 468 g/mol. The zero-order chi connectivity index (χ0) is 24.4. The van der Waals surface area contributed by atoms with Crippen LogP contribution in [0.5, 0.6) is 0 Å². The van der Waals surface area contributed by atoms with Crippen molar-refractivity contribution in [2.75, 3.05) is 5.32 Å². The van der Waals surface area contributed by atoms with Crippen molar-refractivity contribution in [3.05, 3.63) is 83.6 Å². The second kappa shape index (κ2) is 9.50. The van der Waals surface area contributed by atoms with E-state index in [-0.39, 0.29) is 30.6 Å². The Bertz CT molecular complexity index is 1300. The summed E-state index contributed by atoms with van der Waals surface area (Å²) in [7, 11) is 0. The molecule has 4 amide bonds. The van der Waals surface area contributed by atoms with Crippen molar-refractivity contribution in [1.29, 1.82) is 0 Å². The van der Waals surface area contributed by atoms with Gasteiger partial charge in [-0.1, -0.05) is 42.5 Å². The zero-order valence-electron chi connectivity index (χ0n) is 19.0. The Morgan fingerprint density at radius 3 is 2.63 bits per heavy atom. The highest BCUT2D eigenvalue weighted by Crippen LogP contribution is 2.28. The summed E-state index contributed by atoms with van der Waals surface area (Å²) in [4.78, 5) is 55.0. The van der Waals surface area contributed by atoms with Crippen molar-refractivity contribution in [2.24, 2.45) is 0 Å². The predicted octanol–water partition coefficient (Wildman–Crippen LogP) is 3.08. The number of nitrogens with one attached hydrogen (secondary N) is 2. The van der Waals surface area contributed by atoms with Crippen molar-refractivity contribution in [3.8, 4) is 11.3 Å².